The number of aryl methyl sites for hydroxylation is 2. The van der Waals surface area contributed by atoms with Gasteiger partial charge in [-0.2, -0.15) is 0 Å². The maximum absolute atomic E-state index is 12.3. The van der Waals surface area contributed by atoms with Crippen LogP contribution in [-0.2, 0) is 9.59 Å². The summed E-state index contributed by atoms with van der Waals surface area (Å²) < 4.78 is 0. The highest BCUT2D eigenvalue weighted by atomic mass is 16.4. The van der Waals surface area contributed by atoms with E-state index < -0.39 is 5.97 Å². The van der Waals surface area contributed by atoms with Gasteiger partial charge in [-0.05, 0) is 49.9 Å². The average molecular weight is 261 g/mol. The Balaban J connectivity index is 2.24. The van der Waals surface area contributed by atoms with Gasteiger partial charge in [0.1, 0.15) is 0 Å². The molecule has 4 heteroatoms. The highest BCUT2D eigenvalue weighted by molar-refractivity contribution is 5.97. The Morgan fingerprint density at radius 3 is 2.26 bits per heavy atom. The lowest BCUT2D eigenvalue weighted by molar-refractivity contribution is -0.136. The van der Waals surface area contributed by atoms with E-state index >= 15 is 0 Å². The van der Waals surface area contributed by atoms with E-state index in [-0.39, 0.29) is 24.8 Å². The number of hydrogen-bond donors (Lipinski definition) is 1. The van der Waals surface area contributed by atoms with Crippen molar-refractivity contribution in [2.45, 2.75) is 33.1 Å². The maximum atomic E-state index is 12.3. The minimum atomic E-state index is -0.877. The summed E-state index contributed by atoms with van der Waals surface area (Å²) in [6.45, 7) is 4.20. The number of carbonyl (C=O) groups excluding carboxylic acids is 1. The fourth-order valence-corrected chi connectivity index (χ4v) is 2.23. The molecule has 1 aromatic rings. The first-order chi connectivity index (χ1) is 8.97. The Bertz CT molecular complexity index is 486. The molecule has 0 atom stereocenters. The molecule has 0 bridgehead atoms. The van der Waals surface area contributed by atoms with Crippen LogP contribution < -0.4 is 4.90 Å². The van der Waals surface area contributed by atoms with Gasteiger partial charge in [-0.15, -0.1) is 0 Å². The molecule has 0 unspecified atom stereocenters. The Morgan fingerprint density at radius 1 is 1.21 bits per heavy atom. The van der Waals surface area contributed by atoms with Crippen LogP contribution in [0.1, 0.15) is 30.4 Å². The lowest BCUT2D eigenvalue weighted by atomic mass is 10.1. The molecule has 1 saturated carbocycles. The zero-order chi connectivity index (χ0) is 14.0. The molecule has 1 fully saturated rings. The molecule has 0 radical (unpaired) electrons. The topological polar surface area (TPSA) is 57.6 Å². The first-order valence-electron chi connectivity index (χ1n) is 6.59. The number of anilines is 1. The van der Waals surface area contributed by atoms with Crippen molar-refractivity contribution >= 4 is 17.6 Å². The number of rotatable bonds is 5. The molecular weight excluding hydrogens is 242 g/mol. The van der Waals surface area contributed by atoms with E-state index in [1.807, 2.05) is 32.0 Å². The summed E-state index contributed by atoms with van der Waals surface area (Å²) in [7, 11) is 0. The van der Waals surface area contributed by atoms with Gasteiger partial charge in [0, 0.05) is 18.2 Å². The molecule has 0 aromatic heterocycles. The molecule has 0 spiro atoms. The molecular formula is C15H19NO3. The number of nitrogens with zero attached hydrogens (tertiary/aromatic N) is 1. The van der Waals surface area contributed by atoms with E-state index in [4.69, 9.17) is 5.11 Å². The van der Waals surface area contributed by atoms with Crippen LogP contribution in [0.3, 0.4) is 0 Å². The van der Waals surface area contributed by atoms with Crippen molar-refractivity contribution in [3.63, 3.8) is 0 Å². The summed E-state index contributed by atoms with van der Waals surface area (Å²) in [6.07, 6.45) is 1.83. The van der Waals surface area contributed by atoms with Crippen molar-refractivity contribution in [1.29, 1.82) is 0 Å². The summed E-state index contributed by atoms with van der Waals surface area (Å²) in [6, 6.07) is 5.92. The van der Waals surface area contributed by atoms with Crippen LogP contribution in [0.5, 0.6) is 0 Å². The molecule has 1 aliphatic rings. The predicted octanol–water partition coefficient (Wildman–Crippen LogP) is 2.52. The summed E-state index contributed by atoms with van der Waals surface area (Å²) >= 11 is 0. The molecule has 1 amide bonds. The fourth-order valence-electron chi connectivity index (χ4n) is 2.23. The van der Waals surface area contributed by atoms with Gasteiger partial charge in [-0.1, -0.05) is 6.07 Å². The first-order valence-corrected chi connectivity index (χ1v) is 6.59. The van der Waals surface area contributed by atoms with E-state index in [1.54, 1.807) is 4.90 Å². The van der Waals surface area contributed by atoms with Gasteiger partial charge in [0.25, 0.3) is 0 Å². The van der Waals surface area contributed by atoms with Crippen LogP contribution in [0.2, 0.25) is 0 Å². The van der Waals surface area contributed by atoms with Gasteiger partial charge >= 0.3 is 5.97 Å². The lowest BCUT2D eigenvalue weighted by Crippen LogP contribution is -2.34. The van der Waals surface area contributed by atoms with Crippen LogP contribution in [0.4, 0.5) is 5.69 Å². The Kier molecular flexibility index (Phi) is 3.88. The van der Waals surface area contributed by atoms with E-state index in [9.17, 15) is 9.59 Å². The van der Waals surface area contributed by atoms with E-state index in [1.165, 1.54) is 0 Å². The molecule has 0 saturated heterocycles. The third-order valence-corrected chi connectivity index (χ3v) is 3.26. The highest BCUT2D eigenvalue weighted by Crippen LogP contribution is 2.33. The summed E-state index contributed by atoms with van der Waals surface area (Å²) in [4.78, 5) is 24.6. The average Bonchev–Trinajstić information content (AvgIpc) is 3.10. The summed E-state index contributed by atoms with van der Waals surface area (Å²) in [5.74, 6) is -0.723. The van der Waals surface area contributed by atoms with Crippen molar-refractivity contribution < 1.29 is 14.7 Å². The number of amides is 1. The SMILES string of the molecule is Cc1cc(C)cc(N(CCC(=O)O)C(=O)C2CC2)c1. The van der Waals surface area contributed by atoms with Crippen molar-refractivity contribution in [2.75, 3.05) is 11.4 Å². The Labute approximate surface area is 113 Å². The second-order valence-corrected chi connectivity index (χ2v) is 5.25. The van der Waals surface area contributed by atoms with Crippen molar-refractivity contribution in [1.82, 2.24) is 0 Å². The van der Waals surface area contributed by atoms with Crippen LogP contribution in [-0.4, -0.2) is 23.5 Å². The van der Waals surface area contributed by atoms with Crippen LogP contribution >= 0.6 is 0 Å². The second kappa shape index (κ2) is 5.43. The van der Waals surface area contributed by atoms with Gasteiger partial charge in [-0.25, -0.2) is 0 Å². The van der Waals surface area contributed by atoms with Crippen molar-refractivity contribution in [2.24, 2.45) is 5.92 Å². The lowest BCUT2D eigenvalue weighted by Gasteiger charge is -2.23. The zero-order valence-electron chi connectivity index (χ0n) is 11.3. The van der Waals surface area contributed by atoms with Gasteiger partial charge in [-0.3, -0.25) is 9.59 Å². The van der Waals surface area contributed by atoms with Gasteiger partial charge < -0.3 is 10.0 Å². The van der Waals surface area contributed by atoms with Crippen LogP contribution in [0.15, 0.2) is 18.2 Å². The Morgan fingerprint density at radius 2 is 1.79 bits per heavy atom. The second-order valence-electron chi connectivity index (χ2n) is 5.25. The summed E-state index contributed by atoms with van der Waals surface area (Å²) in [5, 5.41) is 8.82. The molecule has 2 rings (SSSR count). The number of carbonyl (C=O) groups is 2. The van der Waals surface area contributed by atoms with E-state index in [0.717, 1.165) is 29.7 Å². The molecule has 0 aliphatic heterocycles. The van der Waals surface area contributed by atoms with E-state index in [2.05, 4.69) is 0 Å². The van der Waals surface area contributed by atoms with Crippen LogP contribution in [0, 0.1) is 19.8 Å². The molecule has 102 valence electrons. The molecule has 1 aliphatic carbocycles. The minimum Gasteiger partial charge on any atom is -0.481 e. The van der Waals surface area contributed by atoms with E-state index in [0.29, 0.717) is 0 Å². The van der Waals surface area contributed by atoms with Crippen LogP contribution in [0.25, 0.3) is 0 Å². The number of carboxylic acid groups (broad SMARTS) is 1. The number of benzene rings is 1. The number of hydrogen-bond acceptors (Lipinski definition) is 2. The minimum absolute atomic E-state index is 0.0224. The monoisotopic (exact) mass is 261 g/mol. The zero-order valence-corrected chi connectivity index (χ0v) is 11.3. The first kappa shape index (κ1) is 13.6. The number of aliphatic carboxylic acids is 1. The van der Waals surface area contributed by atoms with Gasteiger partial charge in [0.05, 0.1) is 6.42 Å². The molecule has 1 aromatic carbocycles. The molecule has 4 nitrogen and oxygen atoms in total. The quantitative estimate of drug-likeness (QED) is 0.886. The smallest absolute Gasteiger partial charge is 0.305 e. The molecule has 19 heavy (non-hydrogen) atoms. The fraction of sp³-hybridized carbons (Fsp3) is 0.467. The highest BCUT2D eigenvalue weighted by Gasteiger charge is 2.34. The molecule has 0 heterocycles. The van der Waals surface area contributed by atoms with Gasteiger partial charge in [0.2, 0.25) is 5.91 Å². The Hall–Kier alpha value is -1.84. The third kappa shape index (κ3) is 3.56. The third-order valence-electron chi connectivity index (χ3n) is 3.26. The predicted molar refractivity (Wildman–Crippen MR) is 73.2 cm³/mol. The summed E-state index contributed by atoms with van der Waals surface area (Å²) in [5.41, 5.74) is 2.98. The normalized spacial score (nSPS) is 14.2. The molecule has 1 N–H and O–H groups in total. The maximum Gasteiger partial charge on any atom is 0.305 e. The largest absolute Gasteiger partial charge is 0.481 e. The number of carboxylic acids is 1. The standard InChI is InChI=1S/C15H19NO3/c1-10-7-11(2)9-13(8-10)16(6-5-14(17)18)15(19)12-3-4-12/h7-9,12H,3-6H2,1-2H3,(H,17,18). The van der Waals surface area contributed by atoms with Crippen molar-refractivity contribution in [3.05, 3.63) is 29.3 Å². The van der Waals surface area contributed by atoms with Crippen molar-refractivity contribution in [3.8, 4) is 0 Å². The van der Waals surface area contributed by atoms with Gasteiger partial charge in [0.15, 0.2) is 0 Å².